The molecule has 0 amide bonds. The van der Waals surface area contributed by atoms with E-state index >= 15 is 0 Å². The van der Waals surface area contributed by atoms with E-state index in [2.05, 4.69) is 50.5 Å². The van der Waals surface area contributed by atoms with Gasteiger partial charge in [0.2, 0.25) is 0 Å². The van der Waals surface area contributed by atoms with Gasteiger partial charge in [-0.2, -0.15) is 0 Å². The highest BCUT2D eigenvalue weighted by atomic mass is 28.4. The van der Waals surface area contributed by atoms with Crippen LogP contribution < -0.4 is 0 Å². The average Bonchev–Trinajstić information content (AvgIpc) is 3.16. The fourth-order valence-corrected chi connectivity index (χ4v) is 5.75. The lowest BCUT2D eigenvalue weighted by Crippen LogP contribution is -2.61. The Bertz CT molecular complexity index is 1040. The molecule has 0 aromatic carbocycles. The lowest BCUT2D eigenvalue weighted by Gasteiger charge is -2.44. The molecule has 0 aromatic rings. The first-order valence-electron chi connectivity index (χ1n) is 13.8. The average molecular weight is 616 g/mol. The Hall–Kier alpha value is -2.52. The lowest BCUT2D eigenvalue weighted by molar-refractivity contribution is -0.279. The summed E-state index contributed by atoms with van der Waals surface area (Å²) in [5.74, 6) is -2.97. The van der Waals surface area contributed by atoms with Crippen LogP contribution in [-0.4, -0.2) is 94.2 Å². The Labute approximate surface area is 248 Å². The highest BCUT2D eigenvalue weighted by Gasteiger charge is 2.52. The molecule has 0 spiro atoms. The maximum absolute atomic E-state index is 12.1. The van der Waals surface area contributed by atoms with Crippen LogP contribution in [0.15, 0.2) is 17.8 Å². The Morgan fingerprint density at radius 2 is 1.67 bits per heavy atom. The molecule has 8 atom stereocenters. The molecule has 0 unspecified atom stereocenters. The van der Waals surface area contributed by atoms with Gasteiger partial charge in [-0.1, -0.05) is 32.0 Å². The van der Waals surface area contributed by atoms with E-state index in [1.165, 1.54) is 6.92 Å². The number of carbonyl (C=O) groups excluding carboxylic acids is 3. The minimum atomic E-state index is -2.40. The van der Waals surface area contributed by atoms with E-state index < -0.39 is 81.0 Å². The van der Waals surface area contributed by atoms with Crippen LogP contribution in [0.2, 0.25) is 18.1 Å². The molecule has 0 aromatic heterocycles. The lowest BCUT2D eigenvalue weighted by atomic mass is 9.96. The van der Waals surface area contributed by atoms with Gasteiger partial charge in [-0.15, -0.1) is 6.58 Å². The summed E-state index contributed by atoms with van der Waals surface area (Å²) in [6.45, 7) is 20.9. The number of rotatable bonds is 12. The molecule has 15 heteroatoms. The van der Waals surface area contributed by atoms with Crippen molar-refractivity contribution in [1.82, 2.24) is 0 Å². The van der Waals surface area contributed by atoms with E-state index in [4.69, 9.17) is 37.6 Å². The number of esters is 3. The molecule has 238 valence electrons. The molecular formula is C27H45N3O11Si. The molecule has 0 saturated carbocycles. The van der Waals surface area contributed by atoms with E-state index in [0.717, 1.165) is 13.8 Å². The third-order valence-electron chi connectivity index (χ3n) is 7.29. The van der Waals surface area contributed by atoms with Crippen LogP contribution in [-0.2, 0) is 52.0 Å². The van der Waals surface area contributed by atoms with E-state index in [9.17, 15) is 19.9 Å². The van der Waals surface area contributed by atoms with Gasteiger partial charge in [-0.05, 0) is 37.5 Å². The number of ether oxygens (including phenoxy) is 7. The zero-order chi connectivity index (χ0) is 32.0. The van der Waals surface area contributed by atoms with Crippen molar-refractivity contribution in [3.63, 3.8) is 0 Å². The first-order chi connectivity index (χ1) is 19.3. The first-order valence-corrected chi connectivity index (χ1v) is 16.7. The normalized spacial score (nSPS) is 30.0. The van der Waals surface area contributed by atoms with Gasteiger partial charge in [0.05, 0.1) is 12.7 Å². The molecule has 2 saturated heterocycles. The van der Waals surface area contributed by atoms with Crippen LogP contribution in [0, 0.1) is 0 Å². The van der Waals surface area contributed by atoms with Crippen molar-refractivity contribution in [2.75, 3.05) is 13.2 Å². The van der Waals surface area contributed by atoms with E-state index in [1.54, 1.807) is 19.9 Å². The van der Waals surface area contributed by atoms with Crippen molar-refractivity contribution in [1.29, 1.82) is 0 Å². The summed E-state index contributed by atoms with van der Waals surface area (Å²) in [7, 11) is -2.40. The van der Waals surface area contributed by atoms with Crippen LogP contribution in [0.25, 0.3) is 10.4 Å². The molecule has 0 bridgehead atoms. The second-order valence-electron chi connectivity index (χ2n) is 12.2. The van der Waals surface area contributed by atoms with Gasteiger partial charge in [0.1, 0.15) is 31.0 Å². The second kappa shape index (κ2) is 14.3. The fourth-order valence-electron chi connectivity index (χ4n) is 4.43. The summed E-state index contributed by atoms with van der Waals surface area (Å²) >= 11 is 0. The topological polar surface area (TPSA) is 174 Å². The van der Waals surface area contributed by atoms with Crippen molar-refractivity contribution in [2.24, 2.45) is 5.11 Å². The smallest absolute Gasteiger partial charge is 0.303 e. The standard InChI is InChI=1S/C27H45N3O11Si/c1-12-18-22(40-27(8,9)39-18)20(41-42(10,11)26(5,6)7)14-35-25-21(29-30-28)24(37-17(4)33)23(36-16(3)32)19(38-25)13-34-15(2)31/h12,18-25H,1,13-14H2,2-11H3/t18-,19-,20-,21-,22-,23-,24-,25+/m1/s1. The summed E-state index contributed by atoms with van der Waals surface area (Å²) in [4.78, 5) is 38.5. The monoisotopic (exact) mass is 615 g/mol. The predicted octanol–water partition coefficient (Wildman–Crippen LogP) is 3.93. The summed E-state index contributed by atoms with van der Waals surface area (Å²) < 4.78 is 47.3. The maximum atomic E-state index is 12.1. The highest BCUT2D eigenvalue weighted by Crippen LogP contribution is 2.40. The minimum Gasteiger partial charge on any atom is -0.463 e. The summed E-state index contributed by atoms with van der Waals surface area (Å²) in [6.07, 6.45) is -5.19. The molecule has 42 heavy (non-hydrogen) atoms. The van der Waals surface area contributed by atoms with Crippen molar-refractivity contribution in [2.45, 2.75) is 128 Å². The molecule has 2 rings (SSSR count). The summed E-state index contributed by atoms with van der Waals surface area (Å²) in [5.41, 5.74) is 9.38. The van der Waals surface area contributed by atoms with E-state index in [1.807, 2.05) is 0 Å². The van der Waals surface area contributed by atoms with Crippen LogP contribution >= 0.6 is 0 Å². The molecular weight excluding hydrogens is 570 g/mol. The number of carbonyl (C=O) groups is 3. The Morgan fingerprint density at radius 1 is 1.07 bits per heavy atom. The molecule has 0 radical (unpaired) electrons. The number of hydrogen-bond donors (Lipinski definition) is 0. The maximum Gasteiger partial charge on any atom is 0.303 e. The quantitative estimate of drug-likeness (QED) is 0.0592. The van der Waals surface area contributed by atoms with Crippen LogP contribution in [0.4, 0.5) is 0 Å². The largest absolute Gasteiger partial charge is 0.463 e. The van der Waals surface area contributed by atoms with Crippen molar-refractivity contribution < 1.29 is 52.0 Å². The number of nitrogens with zero attached hydrogens (tertiary/aromatic N) is 3. The molecule has 2 heterocycles. The van der Waals surface area contributed by atoms with Gasteiger partial charge < -0.3 is 37.6 Å². The van der Waals surface area contributed by atoms with Gasteiger partial charge in [0, 0.05) is 25.7 Å². The third-order valence-corrected chi connectivity index (χ3v) is 11.8. The van der Waals surface area contributed by atoms with Crippen LogP contribution in [0.1, 0.15) is 55.4 Å². The zero-order valence-electron chi connectivity index (χ0n) is 26.1. The molecule has 14 nitrogen and oxygen atoms in total. The molecule has 2 aliphatic rings. The highest BCUT2D eigenvalue weighted by molar-refractivity contribution is 6.74. The third kappa shape index (κ3) is 9.49. The summed E-state index contributed by atoms with van der Waals surface area (Å²) in [5, 5.41) is 3.62. The molecule has 0 N–H and O–H groups in total. The first kappa shape index (κ1) is 35.7. The summed E-state index contributed by atoms with van der Waals surface area (Å²) in [6, 6.07) is -1.28. The van der Waals surface area contributed by atoms with Crippen molar-refractivity contribution >= 4 is 26.2 Å². The minimum absolute atomic E-state index is 0.117. The fraction of sp³-hybridized carbons (Fsp3) is 0.815. The Morgan fingerprint density at radius 3 is 2.17 bits per heavy atom. The van der Waals surface area contributed by atoms with E-state index in [0.29, 0.717) is 0 Å². The van der Waals surface area contributed by atoms with Crippen LogP contribution in [0.3, 0.4) is 0 Å². The predicted molar refractivity (Wildman–Crippen MR) is 151 cm³/mol. The van der Waals surface area contributed by atoms with Gasteiger partial charge in [0.15, 0.2) is 32.6 Å². The Balaban J connectivity index is 2.48. The van der Waals surface area contributed by atoms with Gasteiger partial charge in [0.25, 0.3) is 0 Å². The molecule has 0 aliphatic carbocycles. The number of hydrogen-bond acceptors (Lipinski definition) is 12. The van der Waals surface area contributed by atoms with Gasteiger partial charge in [-0.3, -0.25) is 14.4 Å². The van der Waals surface area contributed by atoms with Crippen molar-refractivity contribution in [3.05, 3.63) is 23.1 Å². The van der Waals surface area contributed by atoms with E-state index in [-0.39, 0.29) is 18.3 Å². The van der Waals surface area contributed by atoms with Gasteiger partial charge >= 0.3 is 17.9 Å². The van der Waals surface area contributed by atoms with Gasteiger partial charge in [-0.25, -0.2) is 0 Å². The Kier molecular flexibility index (Phi) is 12.1. The molecule has 2 fully saturated rings. The molecule has 2 aliphatic heterocycles. The zero-order valence-corrected chi connectivity index (χ0v) is 27.1. The SMILES string of the molecule is C=C[C@H]1OC(C)(C)O[C@H]1[C@@H](CO[C@H]1O[C@H](COC(C)=O)[C@@H](OC(C)=O)[C@H](OC(C)=O)[C@H]1N=[N+]=[N-])O[Si](C)(C)C(C)(C)C. The number of azide groups is 1. The van der Waals surface area contributed by atoms with Crippen molar-refractivity contribution in [3.8, 4) is 0 Å². The van der Waals surface area contributed by atoms with Crippen LogP contribution in [0.5, 0.6) is 0 Å². The second-order valence-corrected chi connectivity index (χ2v) is 17.0.